The van der Waals surface area contributed by atoms with E-state index in [1.807, 2.05) is 17.7 Å². The Kier molecular flexibility index (Phi) is 7.81. The molecule has 2 aliphatic rings. The van der Waals surface area contributed by atoms with Crippen molar-refractivity contribution in [2.75, 3.05) is 33.9 Å². The molecule has 0 saturated carbocycles. The molecule has 2 aromatic rings. The maximum absolute atomic E-state index is 12.6. The van der Waals surface area contributed by atoms with Crippen molar-refractivity contribution >= 4 is 5.97 Å². The lowest BCUT2D eigenvalue weighted by atomic mass is 9.74. The van der Waals surface area contributed by atoms with Crippen molar-refractivity contribution in [3.05, 3.63) is 41.2 Å². The summed E-state index contributed by atoms with van der Waals surface area (Å²) in [5.74, 6) is 2.92. The molecule has 7 heteroatoms. The van der Waals surface area contributed by atoms with E-state index < -0.39 is 0 Å². The van der Waals surface area contributed by atoms with Crippen LogP contribution in [-0.2, 0) is 22.5 Å². The van der Waals surface area contributed by atoms with Gasteiger partial charge < -0.3 is 14.2 Å². The molecule has 0 radical (unpaired) electrons. The first-order valence-electron chi connectivity index (χ1n) is 12.5. The Morgan fingerprint density at radius 1 is 1.18 bits per heavy atom. The minimum atomic E-state index is -0.143. The molecule has 1 saturated heterocycles. The fourth-order valence-electron chi connectivity index (χ4n) is 5.68. The summed E-state index contributed by atoms with van der Waals surface area (Å²) in [4.78, 5) is 15.2. The van der Waals surface area contributed by atoms with Crippen LogP contribution >= 0.6 is 0 Å². The number of piperidine rings is 1. The molecule has 0 spiro atoms. The fraction of sp³-hybridized carbons (Fsp3) is 0.630. The highest BCUT2D eigenvalue weighted by atomic mass is 16.5. The molecule has 3 unspecified atom stereocenters. The van der Waals surface area contributed by atoms with E-state index >= 15 is 0 Å². The van der Waals surface area contributed by atoms with Crippen LogP contribution in [0.4, 0.5) is 0 Å². The molecule has 0 aliphatic carbocycles. The Balaban J connectivity index is 1.46. The second kappa shape index (κ2) is 10.8. The summed E-state index contributed by atoms with van der Waals surface area (Å²) in [5, 5.41) is 4.26. The highest BCUT2D eigenvalue weighted by Gasteiger charge is 2.40. The third-order valence-electron chi connectivity index (χ3n) is 7.46. The number of esters is 1. The highest BCUT2D eigenvalue weighted by Crippen LogP contribution is 2.45. The van der Waals surface area contributed by atoms with E-state index in [4.69, 9.17) is 14.2 Å². The standard InChI is InChI=1S/C27H39N3O4/c1-18(2)12-21-16-29-10-7-20-14-25(32-4)26(33-5)15-23(20)24(29)13-22(21)17-34-27(31)8-11-30-19(3)6-9-28-30/h6,9,14-15,18,21-22,24H,7-8,10-13,16-17H2,1-5H3. The lowest BCUT2D eigenvalue weighted by Crippen LogP contribution is -2.47. The molecule has 1 fully saturated rings. The molecule has 7 nitrogen and oxygen atoms in total. The molecule has 2 aliphatic heterocycles. The van der Waals surface area contributed by atoms with Gasteiger partial charge in [-0.15, -0.1) is 0 Å². The minimum Gasteiger partial charge on any atom is -0.493 e. The van der Waals surface area contributed by atoms with Gasteiger partial charge in [-0.05, 0) is 73.3 Å². The number of benzene rings is 1. The van der Waals surface area contributed by atoms with Gasteiger partial charge in [0.2, 0.25) is 0 Å². The van der Waals surface area contributed by atoms with E-state index in [2.05, 4.69) is 36.0 Å². The quantitative estimate of drug-likeness (QED) is 0.507. The second-order valence-electron chi connectivity index (χ2n) is 10.2. The van der Waals surface area contributed by atoms with Gasteiger partial charge >= 0.3 is 5.97 Å². The first-order chi connectivity index (χ1) is 16.4. The zero-order valence-electron chi connectivity index (χ0n) is 21.3. The molecule has 1 aromatic heterocycles. The summed E-state index contributed by atoms with van der Waals surface area (Å²) >= 11 is 0. The molecular formula is C27H39N3O4. The van der Waals surface area contributed by atoms with Gasteiger partial charge in [0.25, 0.3) is 0 Å². The zero-order chi connectivity index (χ0) is 24.2. The van der Waals surface area contributed by atoms with Gasteiger partial charge in [0, 0.05) is 31.0 Å². The van der Waals surface area contributed by atoms with Gasteiger partial charge in [-0.2, -0.15) is 5.10 Å². The number of carbonyl (C=O) groups excluding carboxylic acids is 1. The van der Waals surface area contributed by atoms with E-state index in [0.29, 0.717) is 43.4 Å². The maximum atomic E-state index is 12.6. The number of aromatic nitrogens is 2. The Morgan fingerprint density at radius 2 is 1.94 bits per heavy atom. The van der Waals surface area contributed by atoms with Crippen LogP contribution in [-0.4, -0.2) is 54.6 Å². The number of methoxy groups -OCH3 is 2. The number of ether oxygens (including phenoxy) is 3. The Morgan fingerprint density at radius 3 is 2.62 bits per heavy atom. The first-order valence-corrected chi connectivity index (χ1v) is 12.5. The summed E-state index contributed by atoms with van der Waals surface area (Å²) < 4.78 is 18.8. The molecule has 3 heterocycles. The number of rotatable bonds is 9. The smallest absolute Gasteiger partial charge is 0.307 e. The SMILES string of the molecule is COc1cc2c(cc1OC)C1CC(COC(=O)CCn3nccc3C)C(CC(C)C)CN1CC2. The Hall–Kier alpha value is -2.54. The number of nitrogens with zero attached hydrogens (tertiary/aromatic N) is 3. The van der Waals surface area contributed by atoms with Crippen LogP contribution in [0.2, 0.25) is 0 Å². The van der Waals surface area contributed by atoms with Crippen LogP contribution in [0.5, 0.6) is 11.5 Å². The van der Waals surface area contributed by atoms with E-state index in [1.54, 1.807) is 20.4 Å². The van der Waals surface area contributed by atoms with Crippen LogP contribution in [0.15, 0.2) is 24.4 Å². The van der Waals surface area contributed by atoms with E-state index in [0.717, 1.165) is 49.5 Å². The Bertz CT molecular complexity index is 986. The molecule has 0 N–H and O–H groups in total. The predicted molar refractivity (Wildman–Crippen MR) is 131 cm³/mol. The molecule has 0 bridgehead atoms. The third-order valence-corrected chi connectivity index (χ3v) is 7.46. The van der Waals surface area contributed by atoms with Gasteiger partial charge in [-0.25, -0.2) is 0 Å². The number of hydrogen-bond acceptors (Lipinski definition) is 6. The van der Waals surface area contributed by atoms with Gasteiger partial charge in [-0.1, -0.05) is 13.8 Å². The number of aryl methyl sites for hydroxylation is 2. The summed E-state index contributed by atoms with van der Waals surface area (Å²) in [6.07, 6.45) is 5.27. The molecule has 1 aromatic carbocycles. The summed E-state index contributed by atoms with van der Waals surface area (Å²) in [6.45, 7) is 9.71. The third kappa shape index (κ3) is 5.40. The van der Waals surface area contributed by atoms with Crippen LogP contribution in [0, 0.1) is 24.7 Å². The van der Waals surface area contributed by atoms with Gasteiger partial charge in [0.05, 0.1) is 33.8 Å². The highest BCUT2D eigenvalue weighted by molar-refractivity contribution is 5.69. The molecule has 186 valence electrons. The van der Waals surface area contributed by atoms with Crippen molar-refractivity contribution in [2.24, 2.45) is 17.8 Å². The topological polar surface area (TPSA) is 65.8 Å². The van der Waals surface area contributed by atoms with Crippen LogP contribution < -0.4 is 9.47 Å². The lowest BCUT2D eigenvalue weighted by molar-refractivity contribution is -0.147. The number of hydrogen-bond donors (Lipinski definition) is 0. The summed E-state index contributed by atoms with van der Waals surface area (Å²) in [7, 11) is 3.38. The number of carbonyl (C=O) groups is 1. The summed E-state index contributed by atoms with van der Waals surface area (Å²) in [6, 6.07) is 6.56. The fourth-order valence-corrected chi connectivity index (χ4v) is 5.68. The average Bonchev–Trinajstić information content (AvgIpc) is 3.24. The Labute approximate surface area is 203 Å². The molecule has 0 amide bonds. The normalized spacial score (nSPS) is 22.2. The predicted octanol–water partition coefficient (Wildman–Crippen LogP) is 4.42. The van der Waals surface area contributed by atoms with E-state index in [9.17, 15) is 4.79 Å². The molecule has 4 rings (SSSR count). The zero-order valence-corrected chi connectivity index (χ0v) is 21.3. The van der Waals surface area contributed by atoms with Crippen molar-refractivity contribution in [1.82, 2.24) is 14.7 Å². The second-order valence-corrected chi connectivity index (χ2v) is 10.2. The number of fused-ring (bicyclic) bond motifs is 3. The van der Waals surface area contributed by atoms with Crippen molar-refractivity contribution in [3.8, 4) is 11.5 Å². The average molecular weight is 470 g/mol. The minimum absolute atomic E-state index is 0.143. The van der Waals surface area contributed by atoms with Crippen LogP contribution in [0.1, 0.15) is 56.0 Å². The van der Waals surface area contributed by atoms with Crippen LogP contribution in [0.3, 0.4) is 0 Å². The first kappa shape index (κ1) is 24.6. The maximum Gasteiger partial charge on any atom is 0.307 e. The van der Waals surface area contributed by atoms with Gasteiger partial charge in [-0.3, -0.25) is 14.4 Å². The van der Waals surface area contributed by atoms with Gasteiger partial charge in [0.1, 0.15) is 0 Å². The van der Waals surface area contributed by atoms with Gasteiger partial charge in [0.15, 0.2) is 11.5 Å². The monoisotopic (exact) mass is 469 g/mol. The molecule has 3 atom stereocenters. The lowest BCUT2D eigenvalue weighted by Gasteiger charge is -2.47. The van der Waals surface area contributed by atoms with Crippen LogP contribution in [0.25, 0.3) is 0 Å². The van der Waals surface area contributed by atoms with Crippen molar-refractivity contribution in [3.63, 3.8) is 0 Å². The van der Waals surface area contributed by atoms with E-state index in [1.165, 1.54) is 11.1 Å². The molecular weight excluding hydrogens is 430 g/mol. The summed E-state index contributed by atoms with van der Waals surface area (Å²) in [5.41, 5.74) is 3.73. The largest absolute Gasteiger partial charge is 0.493 e. The van der Waals surface area contributed by atoms with Crippen molar-refractivity contribution in [1.29, 1.82) is 0 Å². The van der Waals surface area contributed by atoms with E-state index in [-0.39, 0.29) is 5.97 Å². The molecule has 34 heavy (non-hydrogen) atoms. The van der Waals surface area contributed by atoms with Crippen molar-refractivity contribution < 1.29 is 19.0 Å². The van der Waals surface area contributed by atoms with Crippen molar-refractivity contribution in [2.45, 2.75) is 59.0 Å².